The highest BCUT2D eigenvalue weighted by Gasteiger charge is 2.27. The number of aryl methyl sites for hydroxylation is 2. The standard InChI is InChI=1S/C30H29N3O6S/c1-5-18-10-21-26(38-14-22(27(21)34)29-32-16(2)15-40-29)12-25(18)39-17(3)28(35)33-24(30(36)37-4)11-19-13-31-23-9-7-6-8-20(19)23/h6-10,12-15,17,24,31H,5,11H2,1-4H3,(H,33,35)/t17-,24+/m0/s1. The van der Waals surface area contributed by atoms with Crippen molar-refractivity contribution in [1.82, 2.24) is 15.3 Å². The largest absolute Gasteiger partial charge is 0.480 e. The number of esters is 1. The van der Waals surface area contributed by atoms with Crippen LogP contribution in [0.15, 0.2) is 63.4 Å². The van der Waals surface area contributed by atoms with E-state index < -0.39 is 24.0 Å². The fraction of sp³-hybridized carbons (Fsp3) is 0.267. The molecule has 10 heteroatoms. The number of rotatable bonds is 9. The number of benzene rings is 2. The number of amides is 1. The van der Waals surface area contributed by atoms with Crippen molar-refractivity contribution in [2.75, 3.05) is 7.11 Å². The third-order valence-corrected chi connectivity index (χ3v) is 7.75. The number of carbonyl (C=O) groups is 2. The van der Waals surface area contributed by atoms with E-state index >= 15 is 0 Å². The van der Waals surface area contributed by atoms with E-state index in [-0.39, 0.29) is 11.8 Å². The van der Waals surface area contributed by atoms with Crippen LogP contribution in [0.4, 0.5) is 0 Å². The van der Waals surface area contributed by atoms with Gasteiger partial charge in [-0.1, -0.05) is 25.1 Å². The molecule has 0 saturated heterocycles. The minimum absolute atomic E-state index is 0.180. The lowest BCUT2D eigenvalue weighted by molar-refractivity contribution is -0.145. The van der Waals surface area contributed by atoms with Crippen molar-refractivity contribution < 1.29 is 23.5 Å². The summed E-state index contributed by atoms with van der Waals surface area (Å²) in [5, 5.41) is 6.63. The van der Waals surface area contributed by atoms with E-state index in [1.807, 2.05) is 49.7 Å². The topological polar surface area (TPSA) is 124 Å². The molecule has 2 atom stereocenters. The van der Waals surface area contributed by atoms with Crippen LogP contribution in [0.1, 0.15) is 30.7 Å². The number of H-pyrrole nitrogens is 1. The van der Waals surface area contributed by atoms with Gasteiger partial charge >= 0.3 is 5.97 Å². The number of fused-ring (bicyclic) bond motifs is 2. The molecule has 3 heterocycles. The van der Waals surface area contributed by atoms with Crippen molar-refractivity contribution in [3.63, 3.8) is 0 Å². The Morgan fingerprint density at radius 3 is 2.70 bits per heavy atom. The summed E-state index contributed by atoms with van der Waals surface area (Å²) in [4.78, 5) is 46.5. The van der Waals surface area contributed by atoms with Gasteiger partial charge in [0.15, 0.2) is 6.10 Å². The highest BCUT2D eigenvalue weighted by molar-refractivity contribution is 7.13. The van der Waals surface area contributed by atoms with Gasteiger partial charge in [0, 0.05) is 40.7 Å². The average molecular weight is 560 g/mol. The van der Waals surface area contributed by atoms with Gasteiger partial charge < -0.3 is 24.2 Å². The first-order valence-electron chi connectivity index (χ1n) is 12.9. The summed E-state index contributed by atoms with van der Waals surface area (Å²) in [7, 11) is 1.29. The Morgan fingerprint density at radius 2 is 1.98 bits per heavy atom. The molecule has 0 spiro atoms. The van der Waals surface area contributed by atoms with Crippen molar-refractivity contribution in [2.45, 2.75) is 45.8 Å². The number of hydrogen-bond acceptors (Lipinski definition) is 8. The molecule has 1 amide bonds. The number of aromatic amines is 1. The Morgan fingerprint density at radius 1 is 1.18 bits per heavy atom. The summed E-state index contributed by atoms with van der Waals surface area (Å²) in [6, 6.07) is 10.2. The van der Waals surface area contributed by atoms with Gasteiger partial charge in [-0.2, -0.15) is 0 Å². The van der Waals surface area contributed by atoms with Crippen molar-refractivity contribution in [2.24, 2.45) is 0 Å². The molecule has 5 aromatic rings. The maximum absolute atomic E-state index is 13.2. The molecule has 0 unspecified atom stereocenters. The van der Waals surface area contributed by atoms with Crippen molar-refractivity contribution in [3.05, 3.63) is 81.3 Å². The van der Waals surface area contributed by atoms with Crippen LogP contribution in [0.3, 0.4) is 0 Å². The van der Waals surface area contributed by atoms with E-state index in [0.29, 0.717) is 33.7 Å². The van der Waals surface area contributed by atoms with Gasteiger partial charge in [0.1, 0.15) is 28.6 Å². The van der Waals surface area contributed by atoms with Crippen LogP contribution in [0.2, 0.25) is 0 Å². The molecule has 206 valence electrons. The van der Waals surface area contributed by atoms with Crippen LogP contribution in [0.5, 0.6) is 5.75 Å². The Hall–Kier alpha value is -4.44. The van der Waals surface area contributed by atoms with Gasteiger partial charge in [-0.3, -0.25) is 9.59 Å². The molecule has 0 aliphatic rings. The summed E-state index contributed by atoms with van der Waals surface area (Å²) in [6.45, 7) is 5.40. The maximum Gasteiger partial charge on any atom is 0.328 e. The van der Waals surface area contributed by atoms with Gasteiger partial charge in [0.25, 0.3) is 5.91 Å². The normalized spacial score (nSPS) is 12.8. The van der Waals surface area contributed by atoms with E-state index in [9.17, 15) is 14.4 Å². The molecule has 0 aliphatic heterocycles. The van der Waals surface area contributed by atoms with Gasteiger partial charge in [0.05, 0.1) is 18.1 Å². The van der Waals surface area contributed by atoms with Gasteiger partial charge in [-0.15, -0.1) is 11.3 Å². The van der Waals surface area contributed by atoms with E-state index in [2.05, 4.69) is 15.3 Å². The first-order valence-corrected chi connectivity index (χ1v) is 13.8. The van der Waals surface area contributed by atoms with Crippen LogP contribution < -0.4 is 15.5 Å². The molecule has 0 bridgehead atoms. The Labute approximate surface area is 234 Å². The smallest absolute Gasteiger partial charge is 0.328 e. The zero-order valence-electron chi connectivity index (χ0n) is 22.6. The number of nitrogens with one attached hydrogen (secondary N) is 2. The molecule has 3 aromatic heterocycles. The zero-order valence-corrected chi connectivity index (χ0v) is 23.4. The summed E-state index contributed by atoms with van der Waals surface area (Å²) >= 11 is 1.38. The predicted octanol–water partition coefficient (Wildman–Crippen LogP) is 4.94. The summed E-state index contributed by atoms with van der Waals surface area (Å²) in [6.07, 6.45) is 3.09. The number of aromatic nitrogens is 2. The SMILES string of the molecule is CCc1cc2c(=O)c(-c3nc(C)cs3)coc2cc1O[C@@H](C)C(=O)N[C@H](Cc1c[nH]c2ccccc12)C(=O)OC. The van der Waals surface area contributed by atoms with Crippen molar-refractivity contribution >= 4 is 45.1 Å². The number of hydrogen-bond donors (Lipinski definition) is 2. The average Bonchev–Trinajstić information content (AvgIpc) is 3.58. The summed E-state index contributed by atoms with van der Waals surface area (Å²) in [5.74, 6) is -0.614. The maximum atomic E-state index is 13.2. The second-order valence-corrected chi connectivity index (χ2v) is 10.3. The highest BCUT2D eigenvalue weighted by atomic mass is 32.1. The summed E-state index contributed by atoms with van der Waals surface area (Å²) < 4.78 is 16.8. The number of para-hydroxylation sites is 1. The molecule has 5 rings (SSSR count). The summed E-state index contributed by atoms with van der Waals surface area (Å²) in [5.41, 5.74) is 3.96. The lowest BCUT2D eigenvalue weighted by atomic mass is 10.0. The molecule has 0 saturated carbocycles. The molecular weight excluding hydrogens is 530 g/mol. The van der Waals surface area contributed by atoms with E-state index in [1.165, 1.54) is 24.7 Å². The van der Waals surface area contributed by atoms with Crippen LogP contribution >= 0.6 is 11.3 Å². The van der Waals surface area contributed by atoms with Gasteiger partial charge in [-0.25, -0.2) is 9.78 Å². The molecule has 0 aliphatic carbocycles. The fourth-order valence-corrected chi connectivity index (χ4v) is 5.40. The number of nitrogens with zero attached hydrogens (tertiary/aromatic N) is 1. The second-order valence-electron chi connectivity index (χ2n) is 9.49. The molecule has 2 N–H and O–H groups in total. The van der Waals surface area contributed by atoms with Gasteiger partial charge in [0.2, 0.25) is 5.43 Å². The third kappa shape index (κ3) is 5.35. The minimum atomic E-state index is -0.942. The highest BCUT2D eigenvalue weighted by Crippen LogP contribution is 2.29. The fourth-order valence-electron chi connectivity index (χ4n) is 4.60. The zero-order chi connectivity index (χ0) is 28.4. The Kier molecular flexibility index (Phi) is 7.70. The van der Waals surface area contributed by atoms with Crippen molar-refractivity contribution in [3.8, 4) is 16.3 Å². The number of ether oxygens (including phenoxy) is 2. The lowest BCUT2D eigenvalue weighted by Crippen LogP contribution is -2.47. The van der Waals surface area contributed by atoms with Crippen LogP contribution in [0.25, 0.3) is 32.4 Å². The number of thiazole rings is 1. The van der Waals surface area contributed by atoms with Crippen LogP contribution in [-0.4, -0.2) is 41.1 Å². The quantitative estimate of drug-likeness (QED) is 0.245. The van der Waals surface area contributed by atoms with E-state index in [0.717, 1.165) is 27.7 Å². The third-order valence-electron chi connectivity index (χ3n) is 6.76. The first-order chi connectivity index (χ1) is 19.3. The van der Waals surface area contributed by atoms with Crippen LogP contribution in [-0.2, 0) is 27.2 Å². The molecule has 9 nitrogen and oxygen atoms in total. The van der Waals surface area contributed by atoms with Crippen molar-refractivity contribution in [1.29, 1.82) is 0 Å². The molecule has 40 heavy (non-hydrogen) atoms. The number of methoxy groups -OCH3 is 1. The molecular formula is C30H29N3O6S. The Bertz CT molecular complexity index is 1770. The first kappa shape index (κ1) is 27.1. The second kappa shape index (κ2) is 11.4. The lowest BCUT2D eigenvalue weighted by Gasteiger charge is -2.21. The van der Waals surface area contributed by atoms with E-state index in [1.54, 1.807) is 19.1 Å². The molecule has 0 fully saturated rings. The van der Waals surface area contributed by atoms with Crippen LogP contribution in [0, 0.1) is 6.92 Å². The predicted molar refractivity (Wildman–Crippen MR) is 154 cm³/mol. The minimum Gasteiger partial charge on any atom is -0.480 e. The van der Waals surface area contributed by atoms with E-state index in [4.69, 9.17) is 13.9 Å². The monoisotopic (exact) mass is 559 g/mol. The number of carbonyl (C=O) groups excluding carboxylic acids is 2. The molecule has 2 aromatic carbocycles. The Balaban J connectivity index is 1.36. The van der Waals surface area contributed by atoms with Gasteiger partial charge in [-0.05, 0) is 43.5 Å². The molecule has 0 radical (unpaired) electrons.